The molecule has 0 aliphatic rings. The maximum absolute atomic E-state index is 12.8. The summed E-state index contributed by atoms with van der Waals surface area (Å²) < 4.78 is 28.5. The summed E-state index contributed by atoms with van der Waals surface area (Å²) in [5.41, 5.74) is 5.50. The summed E-state index contributed by atoms with van der Waals surface area (Å²) in [5, 5.41) is 0. The quantitative estimate of drug-likeness (QED) is 0.702. The Morgan fingerprint density at radius 1 is 1.08 bits per heavy atom. The van der Waals surface area contributed by atoms with E-state index in [0.29, 0.717) is 15.2 Å². The number of imidazole rings is 1. The molecule has 2 aromatic carbocycles. The van der Waals surface area contributed by atoms with Crippen LogP contribution in [0.4, 0.5) is 0 Å². The van der Waals surface area contributed by atoms with E-state index in [1.807, 2.05) is 0 Å². The molecule has 0 saturated carbocycles. The molecule has 1 amide bonds. The largest absolute Gasteiger partial charge is 0.366 e. The Labute approximate surface area is 137 Å². The number of hydrogen-bond acceptors (Lipinski definition) is 4. The third-order valence-corrected chi connectivity index (χ3v) is 4.95. The predicted octanol–water partition coefficient (Wildman–Crippen LogP) is 0.203. The highest BCUT2D eigenvalue weighted by molar-refractivity contribution is 7.88. The Hall–Kier alpha value is -2.91. The molecule has 3 N–H and O–H groups in total. The monoisotopic (exact) mass is 346 g/mol. The van der Waals surface area contributed by atoms with Gasteiger partial charge in [0.1, 0.15) is 0 Å². The lowest BCUT2D eigenvalue weighted by Gasteiger charge is -2.03. The van der Waals surface area contributed by atoms with Gasteiger partial charge in [-0.2, -0.15) is 12.4 Å². The van der Waals surface area contributed by atoms with Crippen molar-refractivity contribution in [2.45, 2.75) is 0 Å². The number of nitrogens with two attached hydrogens (primary N) is 1. The molecule has 8 nitrogen and oxygen atoms in total. The van der Waals surface area contributed by atoms with Crippen LogP contribution in [0.25, 0.3) is 16.7 Å². The smallest absolute Gasteiger partial charge is 0.348 e. The number of rotatable bonds is 4. The molecule has 3 rings (SSSR count). The topological polar surface area (TPSA) is 116 Å². The number of carbonyl (C=O) groups excluding carboxylic acids is 1. The lowest BCUT2D eigenvalue weighted by molar-refractivity contribution is 0.100. The van der Waals surface area contributed by atoms with Gasteiger partial charge in [-0.3, -0.25) is 9.36 Å². The van der Waals surface area contributed by atoms with Gasteiger partial charge in [-0.05, 0) is 30.3 Å². The van der Waals surface area contributed by atoms with Gasteiger partial charge in [0.25, 0.3) is 0 Å². The van der Waals surface area contributed by atoms with Crippen LogP contribution in [0.5, 0.6) is 0 Å². The van der Waals surface area contributed by atoms with E-state index in [-0.39, 0.29) is 11.1 Å². The van der Waals surface area contributed by atoms with Crippen LogP contribution < -0.4 is 16.1 Å². The summed E-state index contributed by atoms with van der Waals surface area (Å²) in [5.74, 6) is -0.717. The molecule has 3 aromatic rings. The molecule has 124 valence electrons. The first-order valence-electron chi connectivity index (χ1n) is 6.93. The molecular weight excluding hydrogens is 332 g/mol. The average molecular weight is 346 g/mol. The summed E-state index contributed by atoms with van der Waals surface area (Å²) in [6.45, 7) is 0. The molecule has 0 spiro atoms. The van der Waals surface area contributed by atoms with Crippen molar-refractivity contribution in [2.75, 3.05) is 7.05 Å². The zero-order valence-corrected chi connectivity index (χ0v) is 13.4. The maximum Gasteiger partial charge on any atom is 0.348 e. The third kappa shape index (κ3) is 2.39. The van der Waals surface area contributed by atoms with Crippen LogP contribution in [0.15, 0.2) is 53.3 Å². The number of amides is 1. The SMILES string of the molecule is CNS(=O)(=O)n1c(=O)n(-c2ccccc2)c2ccc(C(N)=O)cc21. The molecule has 0 bridgehead atoms. The zero-order valence-electron chi connectivity index (χ0n) is 12.6. The molecule has 0 aliphatic heterocycles. The minimum absolute atomic E-state index is 0.0644. The minimum atomic E-state index is -4.10. The van der Waals surface area contributed by atoms with Gasteiger partial charge in [0, 0.05) is 12.6 Å². The van der Waals surface area contributed by atoms with E-state index in [0.717, 1.165) is 0 Å². The molecule has 1 heterocycles. The molecule has 24 heavy (non-hydrogen) atoms. The Morgan fingerprint density at radius 2 is 1.75 bits per heavy atom. The predicted molar refractivity (Wildman–Crippen MR) is 89.4 cm³/mol. The minimum Gasteiger partial charge on any atom is -0.366 e. The van der Waals surface area contributed by atoms with Crippen molar-refractivity contribution in [1.82, 2.24) is 13.3 Å². The molecular formula is C15H14N4O4S. The van der Waals surface area contributed by atoms with Crippen molar-refractivity contribution in [2.24, 2.45) is 5.73 Å². The number of carbonyl (C=O) groups is 1. The Balaban J connectivity index is 2.50. The summed E-state index contributed by atoms with van der Waals surface area (Å²) in [7, 11) is -2.90. The van der Waals surface area contributed by atoms with E-state index in [1.165, 1.54) is 29.8 Å². The van der Waals surface area contributed by atoms with Crippen molar-refractivity contribution in [3.8, 4) is 5.69 Å². The van der Waals surface area contributed by atoms with E-state index in [4.69, 9.17) is 5.73 Å². The second kappa shape index (κ2) is 5.62. The number of para-hydroxylation sites is 1. The number of primary amides is 1. The van der Waals surface area contributed by atoms with E-state index in [2.05, 4.69) is 4.72 Å². The van der Waals surface area contributed by atoms with Crippen LogP contribution in [0.2, 0.25) is 0 Å². The number of aromatic nitrogens is 2. The second-order valence-corrected chi connectivity index (χ2v) is 6.72. The van der Waals surface area contributed by atoms with Crippen LogP contribution in [-0.4, -0.2) is 29.9 Å². The average Bonchev–Trinajstić information content (AvgIpc) is 2.87. The van der Waals surface area contributed by atoms with Gasteiger partial charge in [-0.1, -0.05) is 18.2 Å². The van der Waals surface area contributed by atoms with Gasteiger partial charge >= 0.3 is 15.9 Å². The van der Waals surface area contributed by atoms with Crippen LogP contribution in [-0.2, 0) is 10.2 Å². The number of benzene rings is 2. The van der Waals surface area contributed by atoms with Crippen LogP contribution in [0.3, 0.4) is 0 Å². The Kier molecular flexibility index (Phi) is 3.74. The summed E-state index contributed by atoms with van der Waals surface area (Å²) in [6.07, 6.45) is 0. The highest BCUT2D eigenvalue weighted by Crippen LogP contribution is 2.20. The van der Waals surface area contributed by atoms with Crippen LogP contribution in [0, 0.1) is 0 Å². The first-order valence-corrected chi connectivity index (χ1v) is 8.37. The fourth-order valence-electron chi connectivity index (χ4n) is 2.48. The van der Waals surface area contributed by atoms with Crippen molar-refractivity contribution in [3.05, 3.63) is 64.6 Å². The van der Waals surface area contributed by atoms with E-state index in [1.54, 1.807) is 30.3 Å². The molecule has 9 heteroatoms. The van der Waals surface area contributed by atoms with E-state index < -0.39 is 21.8 Å². The molecule has 0 fully saturated rings. The van der Waals surface area contributed by atoms with Gasteiger partial charge in [0.15, 0.2) is 0 Å². The molecule has 0 atom stereocenters. The number of nitrogens with zero attached hydrogens (tertiary/aromatic N) is 2. The molecule has 0 radical (unpaired) electrons. The standard InChI is InChI=1S/C15H14N4O4S/c1-17-24(22,23)19-13-9-10(14(16)20)7-8-12(13)18(15(19)21)11-5-3-2-4-6-11/h2-9,17H,1H3,(H2,16,20). The van der Waals surface area contributed by atoms with Gasteiger partial charge in [0.05, 0.1) is 16.7 Å². The lowest BCUT2D eigenvalue weighted by atomic mass is 10.2. The maximum atomic E-state index is 12.8. The Morgan fingerprint density at radius 3 is 2.33 bits per heavy atom. The summed E-state index contributed by atoms with van der Waals surface area (Å²) >= 11 is 0. The fourth-order valence-corrected chi connectivity index (χ4v) is 3.35. The number of fused-ring (bicyclic) bond motifs is 1. The van der Waals surface area contributed by atoms with Gasteiger partial charge in [-0.15, -0.1) is 0 Å². The first-order chi connectivity index (χ1) is 11.4. The van der Waals surface area contributed by atoms with E-state index >= 15 is 0 Å². The van der Waals surface area contributed by atoms with Crippen LogP contribution >= 0.6 is 0 Å². The molecule has 0 saturated heterocycles. The molecule has 0 aliphatic carbocycles. The number of nitrogens with one attached hydrogen (secondary N) is 1. The van der Waals surface area contributed by atoms with Crippen molar-refractivity contribution >= 4 is 27.1 Å². The Bertz CT molecular complexity index is 1100. The first kappa shape index (κ1) is 16.0. The highest BCUT2D eigenvalue weighted by atomic mass is 32.2. The molecule has 0 unspecified atom stereocenters. The van der Waals surface area contributed by atoms with Crippen molar-refractivity contribution in [1.29, 1.82) is 0 Å². The summed E-state index contributed by atoms with van der Waals surface area (Å²) in [6, 6.07) is 12.8. The van der Waals surface area contributed by atoms with Gasteiger partial charge in [0.2, 0.25) is 5.91 Å². The third-order valence-electron chi connectivity index (χ3n) is 3.60. The lowest BCUT2D eigenvalue weighted by Crippen LogP contribution is -2.35. The summed E-state index contributed by atoms with van der Waals surface area (Å²) in [4.78, 5) is 24.2. The second-order valence-electron chi connectivity index (χ2n) is 4.99. The fraction of sp³-hybridized carbons (Fsp3) is 0.0667. The molecule has 1 aromatic heterocycles. The van der Waals surface area contributed by atoms with E-state index in [9.17, 15) is 18.0 Å². The highest BCUT2D eigenvalue weighted by Gasteiger charge is 2.23. The van der Waals surface area contributed by atoms with Gasteiger partial charge < -0.3 is 5.73 Å². The van der Waals surface area contributed by atoms with Crippen molar-refractivity contribution in [3.63, 3.8) is 0 Å². The van der Waals surface area contributed by atoms with Crippen LogP contribution in [0.1, 0.15) is 10.4 Å². The zero-order chi connectivity index (χ0) is 17.5. The van der Waals surface area contributed by atoms with Crippen molar-refractivity contribution < 1.29 is 13.2 Å². The van der Waals surface area contributed by atoms with Gasteiger partial charge in [-0.25, -0.2) is 9.52 Å². The normalized spacial score (nSPS) is 11.7. The number of hydrogen-bond donors (Lipinski definition) is 2.